The van der Waals surface area contributed by atoms with E-state index >= 15 is 0 Å². The lowest BCUT2D eigenvalue weighted by atomic mass is 10.1. The first-order chi connectivity index (χ1) is 7.79. The van der Waals surface area contributed by atoms with Crippen LogP contribution in [0.2, 0.25) is 0 Å². The van der Waals surface area contributed by atoms with Gasteiger partial charge in [-0.15, -0.1) is 0 Å². The molecule has 0 spiro atoms. The van der Waals surface area contributed by atoms with Crippen molar-refractivity contribution in [1.29, 1.82) is 0 Å². The Hall–Kier alpha value is -1.26. The van der Waals surface area contributed by atoms with Gasteiger partial charge in [0.25, 0.3) is 5.22 Å². The van der Waals surface area contributed by atoms with Crippen LogP contribution in [0, 0.1) is 6.92 Å². The molecule has 0 unspecified atom stereocenters. The molecule has 1 aromatic carbocycles. The zero-order valence-corrected chi connectivity index (χ0v) is 9.96. The summed E-state index contributed by atoms with van der Waals surface area (Å²) >= 11 is 1.54. The highest BCUT2D eigenvalue weighted by molar-refractivity contribution is 7.99. The number of nitrogens with zero attached hydrogens (tertiary/aromatic N) is 1. The molecule has 0 aliphatic rings. The van der Waals surface area contributed by atoms with Crippen molar-refractivity contribution >= 4 is 11.8 Å². The minimum absolute atomic E-state index is 0.676. The van der Waals surface area contributed by atoms with Crippen LogP contribution in [0.3, 0.4) is 0 Å². The van der Waals surface area contributed by atoms with Crippen molar-refractivity contribution in [1.82, 2.24) is 4.98 Å². The first kappa shape index (κ1) is 11.2. The molecule has 4 heteroatoms. The summed E-state index contributed by atoms with van der Waals surface area (Å²) in [5.74, 6) is 0. The number of nitrogens with two attached hydrogens (primary N) is 1. The fraction of sp³-hybridized carbons (Fsp3) is 0.250. The Labute approximate surface area is 99.1 Å². The van der Waals surface area contributed by atoms with E-state index in [4.69, 9.17) is 10.2 Å². The molecule has 1 heterocycles. The van der Waals surface area contributed by atoms with Crippen molar-refractivity contribution in [3.8, 4) is 0 Å². The molecule has 3 nitrogen and oxygen atoms in total. The SMILES string of the molecule is Cc1cc(CCN)ccc1Sc1ncco1. The molecule has 0 aliphatic heterocycles. The summed E-state index contributed by atoms with van der Waals surface area (Å²) in [6.07, 6.45) is 4.16. The van der Waals surface area contributed by atoms with Crippen LogP contribution in [0.5, 0.6) is 0 Å². The number of hydrogen-bond donors (Lipinski definition) is 1. The fourth-order valence-corrected chi connectivity index (χ4v) is 2.26. The summed E-state index contributed by atoms with van der Waals surface area (Å²) in [7, 11) is 0. The maximum absolute atomic E-state index is 5.53. The van der Waals surface area contributed by atoms with E-state index in [1.165, 1.54) is 27.8 Å². The van der Waals surface area contributed by atoms with Gasteiger partial charge in [-0.05, 0) is 48.8 Å². The number of oxazole rings is 1. The molecular weight excluding hydrogens is 220 g/mol. The van der Waals surface area contributed by atoms with E-state index in [0.717, 1.165) is 6.42 Å². The standard InChI is InChI=1S/C12H14N2OS/c1-9-8-10(4-5-13)2-3-11(9)16-12-14-6-7-15-12/h2-3,6-8H,4-5,13H2,1H3. The van der Waals surface area contributed by atoms with Crippen LogP contribution in [0.1, 0.15) is 11.1 Å². The Kier molecular flexibility index (Phi) is 3.64. The maximum atomic E-state index is 5.53. The summed E-state index contributed by atoms with van der Waals surface area (Å²) in [4.78, 5) is 5.26. The van der Waals surface area contributed by atoms with Gasteiger partial charge in [0.15, 0.2) is 0 Å². The van der Waals surface area contributed by atoms with Crippen LogP contribution in [-0.2, 0) is 6.42 Å². The third-order valence-corrected chi connectivity index (χ3v) is 3.33. The molecule has 0 saturated heterocycles. The monoisotopic (exact) mass is 234 g/mol. The maximum Gasteiger partial charge on any atom is 0.260 e. The van der Waals surface area contributed by atoms with E-state index < -0.39 is 0 Å². The number of benzene rings is 1. The van der Waals surface area contributed by atoms with Crippen molar-refractivity contribution in [3.63, 3.8) is 0 Å². The van der Waals surface area contributed by atoms with Crippen LogP contribution in [0.25, 0.3) is 0 Å². The van der Waals surface area contributed by atoms with Gasteiger partial charge in [-0.3, -0.25) is 0 Å². The van der Waals surface area contributed by atoms with Crippen molar-refractivity contribution < 1.29 is 4.42 Å². The van der Waals surface area contributed by atoms with Gasteiger partial charge in [0, 0.05) is 4.90 Å². The minimum atomic E-state index is 0.676. The second-order valence-electron chi connectivity index (χ2n) is 3.54. The quantitative estimate of drug-likeness (QED) is 0.883. The van der Waals surface area contributed by atoms with Crippen LogP contribution in [-0.4, -0.2) is 11.5 Å². The predicted molar refractivity (Wildman–Crippen MR) is 64.6 cm³/mol. The number of hydrogen-bond acceptors (Lipinski definition) is 4. The first-order valence-electron chi connectivity index (χ1n) is 5.16. The van der Waals surface area contributed by atoms with Gasteiger partial charge in [-0.25, -0.2) is 4.98 Å². The van der Waals surface area contributed by atoms with Gasteiger partial charge >= 0.3 is 0 Å². The van der Waals surface area contributed by atoms with E-state index in [0.29, 0.717) is 11.8 Å². The fourth-order valence-electron chi connectivity index (χ4n) is 1.50. The number of aryl methyl sites for hydroxylation is 1. The van der Waals surface area contributed by atoms with E-state index in [1.54, 1.807) is 12.5 Å². The summed E-state index contributed by atoms with van der Waals surface area (Å²) in [6, 6.07) is 6.36. The van der Waals surface area contributed by atoms with Crippen molar-refractivity contribution in [2.45, 2.75) is 23.5 Å². The highest BCUT2D eigenvalue weighted by atomic mass is 32.2. The topological polar surface area (TPSA) is 52.0 Å². The van der Waals surface area contributed by atoms with E-state index in [9.17, 15) is 0 Å². The molecule has 2 rings (SSSR count). The average molecular weight is 234 g/mol. The summed E-state index contributed by atoms with van der Waals surface area (Å²) in [5, 5.41) is 0.676. The summed E-state index contributed by atoms with van der Waals surface area (Å²) in [6.45, 7) is 2.77. The third kappa shape index (κ3) is 2.65. The van der Waals surface area contributed by atoms with Gasteiger partial charge in [0.2, 0.25) is 0 Å². The molecule has 0 fully saturated rings. The highest BCUT2D eigenvalue weighted by Gasteiger charge is 2.05. The Morgan fingerprint density at radius 2 is 2.31 bits per heavy atom. The van der Waals surface area contributed by atoms with Crippen LogP contribution in [0.15, 0.2) is 45.2 Å². The number of aromatic nitrogens is 1. The Morgan fingerprint density at radius 3 is 2.94 bits per heavy atom. The Bertz CT molecular complexity index is 454. The molecule has 0 amide bonds. The van der Waals surface area contributed by atoms with E-state index in [-0.39, 0.29) is 0 Å². The van der Waals surface area contributed by atoms with Gasteiger partial charge in [-0.1, -0.05) is 12.1 Å². The van der Waals surface area contributed by atoms with Crippen molar-refractivity contribution in [2.24, 2.45) is 5.73 Å². The normalized spacial score (nSPS) is 10.6. The zero-order valence-electron chi connectivity index (χ0n) is 9.14. The molecule has 2 N–H and O–H groups in total. The Balaban J connectivity index is 2.16. The largest absolute Gasteiger partial charge is 0.440 e. The van der Waals surface area contributed by atoms with Crippen LogP contribution >= 0.6 is 11.8 Å². The molecule has 16 heavy (non-hydrogen) atoms. The van der Waals surface area contributed by atoms with E-state index in [1.807, 2.05) is 0 Å². The second kappa shape index (κ2) is 5.18. The van der Waals surface area contributed by atoms with E-state index in [2.05, 4.69) is 30.1 Å². The van der Waals surface area contributed by atoms with Crippen molar-refractivity contribution in [2.75, 3.05) is 6.54 Å². The molecule has 2 aromatic rings. The molecule has 0 bridgehead atoms. The molecule has 0 radical (unpaired) electrons. The van der Waals surface area contributed by atoms with Gasteiger partial charge < -0.3 is 10.2 Å². The van der Waals surface area contributed by atoms with Gasteiger partial charge in [0.1, 0.15) is 6.26 Å². The minimum Gasteiger partial charge on any atom is -0.440 e. The molecule has 84 valence electrons. The predicted octanol–water partition coefficient (Wildman–Crippen LogP) is 2.64. The van der Waals surface area contributed by atoms with Gasteiger partial charge in [-0.2, -0.15) is 0 Å². The molecule has 0 aliphatic carbocycles. The molecule has 1 aromatic heterocycles. The zero-order chi connectivity index (χ0) is 11.4. The molecular formula is C12H14N2OS. The summed E-state index contributed by atoms with van der Waals surface area (Å²) < 4.78 is 5.20. The smallest absolute Gasteiger partial charge is 0.260 e. The van der Waals surface area contributed by atoms with Crippen LogP contribution in [0.4, 0.5) is 0 Å². The van der Waals surface area contributed by atoms with Gasteiger partial charge in [0.05, 0.1) is 6.20 Å². The molecule has 0 atom stereocenters. The summed E-state index contributed by atoms with van der Waals surface area (Å²) in [5.41, 5.74) is 8.03. The lowest BCUT2D eigenvalue weighted by molar-refractivity contribution is 0.454. The van der Waals surface area contributed by atoms with Crippen LogP contribution < -0.4 is 5.73 Å². The average Bonchev–Trinajstić information content (AvgIpc) is 2.75. The third-order valence-electron chi connectivity index (χ3n) is 2.28. The first-order valence-corrected chi connectivity index (χ1v) is 5.98. The lowest BCUT2D eigenvalue weighted by Crippen LogP contribution is -2.02. The molecule has 0 saturated carbocycles. The lowest BCUT2D eigenvalue weighted by Gasteiger charge is -2.05. The number of rotatable bonds is 4. The highest BCUT2D eigenvalue weighted by Crippen LogP contribution is 2.29. The Morgan fingerprint density at radius 1 is 1.44 bits per heavy atom. The second-order valence-corrected chi connectivity index (χ2v) is 4.53. The van der Waals surface area contributed by atoms with Crippen molar-refractivity contribution in [3.05, 3.63) is 41.8 Å².